The van der Waals surface area contributed by atoms with Crippen molar-refractivity contribution in [2.75, 3.05) is 0 Å². The molecule has 0 saturated carbocycles. The summed E-state index contributed by atoms with van der Waals surface area (Å²) in [6.07, 6.45) is 3.49. The van der Waals surface area contributed by atoms with Crippen LogP contribution < -0.4 is 4.74 Å². The van der Waals surface area contributed by atoms with Gasteiger partial charge in [-0.15, -0.1) is 0 Å². The van der Waals surface area contributed by atoms with Gasteiger partial charge in [0.2, 0.25) is 0 Å². The lowest BCUT2D eigenvalue weighted by Crippen LogP contribution is -1.94. The third-order valence-electron chi connectivity index (χ3n) is 4.09. The van der Waals surface area contributed by atoms with Gasteiger partial charge in [0, 0.05) is 23.3 Å². The SMILES string of the molecule is N#Cc1c[nH]c2ncc(-c3ccc(OCc4ccccc4)cc3)cc12. The molecule has 4 heteroatoms. The number of pyridine rings is 1. The van der Waals surface area contributed by atoms with Crippen LogP contribution in [0.4, 0.5) is 0 Å². The summed E-state index contributed by atoms with van der Waals surface area (Å²) in [5.74, 6) is 0.820. The van der Waals surface area contributed by atoms with Gasteiger partial charge in [-0.1, -0.05) is 42.5 Å². The third kappa shape index (κ3) is 3.08. The third-order valence-corrected chi connectivity index (χ3v) is 4.09. The van der Waals surface area contributed by atoms with Crippen molar-refractivity contribution in [3.05, 3.63) is 84.2 Å². The van der Waals surface area contributed by atoms with E-state index in [9.17, 15) is 0 Å². The molecule has 0 aliphatic heterocycles. The Morgan fingerprint density at radius 1 is 1.00 bits per heavy atom. The summed E-state index contributed by atoms with van der Waals surface area (Å²) in [6, 6.07) is 22.1. The lowest BCUT2D eigenvalue weighted by atomic mass is 10.1. The summed E-state index contributed by atoms with van der Waals surface area (Å²) < 4.78 is 5.81. The fourth-order valence-electron chi connectivity index (χ4n) is 2.74. The zero-order valence-electron chi connectivity index (χ0n) is 13.4. The molecule has 0 aliphatic carbocycles. The van der Waals surface area contributed by atoms with Crippen LogP contribution in [0.3, 0.4) is 0 Å². The van der Waals surface area contributed by atoms with E-state index >= 15 is 0 Å². The molecule has 0 amide bonds. The minimum absolute atomic E-state index is 0.544. The van der Waals surface area contributed by atoms with Crippen molar-refractivity contribution < 1.29 is 4.74 Å². The van der Waals surface area contributed by atoms with Crippen molar-refractivity contribution in [2.24, 2.45) is 0 Å². The number of nitriles is 1. The number of ether oxygens (including phenoxy) is 1. The number of aromatic nitrogens is 2. The van der Waals surface area contributed by atoms with E-state index in [2.05, 4.69) is 16.0 Å². The molecular weight excluding hydrogens is 310 g/mol. The fraction of sp³-hybridized carbons (Fsp3) is 0.0476. The van der Waals surface area contributed by atoms with Crippen LogP contribution in [-0.4, -0.2) is 9.97 Å². The summed E-state index contributed by atoms with van der Waals surface area (Å²) in [6.45, 7) is 0.544. The number of rotatable bonds is 4. The van der Waals surface area contributed by atoms with Gasteiger partial charge < -0.3 is 9.72 Å². The highest BCUT2D eigenvalue weighted by Gasteiger charge is 2.07. The Morgan fingerprint density at radius 3 is 2.56 bits per heavy atom. The van der Waals surface area contributed by atoms with Gasteiger partial charge >= 0.3 is 0 Å². The summed E-state index contributed by atoms with van der Waals surface area (Å²) in [4.78, 5) is 7.39. The first-order valence-electron chi connectivity index (χ1n) is 7.98. The van der Waals surface area contributed by atoms with Crippen molar-refractivity contribution in [3.63, 3.8) is 0 Å². The normalized spacial score (nSPS) is 10.5. The zero-order valence-corrected chi connectivity index (χ0v) is 13.4. The zero-order chi connectivity index (χ0) is 17.1. The molecule has 2 aromatic carbocycles. The second-order valence-electron chi connectivity index (χ2n) is 5.73. The highest BCUT2D eigenvalue weighted by atomic mass is 16.5. The molecule has 1 N–H and O–H groups in total. The fourth-order valence-corrected chi connectivity index (χ4v) is 2.74. The van der Waals surface area contributed by atoms with Crippen LogP contribution in [-0.2, 0) is 6.61 Å². The van der Waals surface area contributed by atoms with Crippen LogP contribution in [0, 0.1) is 11.3 Å². The smallest absolute Gasteiger partial charge is 0.138 e. The molecule has 0 radical (unpaired) electrons. The van der Waals surface area contributed by atoms with Gasteiger partial charge in [-0.05, 0) is 29.3 Å². The van der Waals surface area contributed by atoms with E-state index in [0.717, 1.165) is 33.5 Å². The molecule has 0 fully saturated rings. The van der Waals surface area contributed by atoms with Crippen LogP contribution in [0.1, 0.15) is 11.1 Å². The molecule has 2 aromatic heterocycles. The first-order valence-corrected chi connectivity index (χ1v) is 7.98. The van der Waals surface area contributed by atoms with E-state index in [1.807, 2.05) is 60.7 Å². The average molecular weight is 325 g/mol. The number of aromatic amines is 1. The lowest BCUT2D eigenvalue weighted by Gasteiger charge is -2.07. The van der Waals surface area contributed by atoms with E-state index in [-0.39, 0.29) is 0 Å². The maximum absolute atomic E-state index is 9.16. The van der Waals surface area contributed by atoms with Gasteiger partial charge in [0.25, 0.3) is 0 Å². The number of H-pyrrole nitrogens is 1. The van der Waals surface area contributed by atoms with Crippen molar-refractivity contribution in [1.29, 1.82) is 5.26 Å². The first kappa shape index (κ1) is 15.0. The topological polar surface area (TPSA) is 61.7 Å². The first-order chi connectivity index (χ1) is 12.3. The van der Waals surface area contributed by atoms with E-state index in [4.69, 9.17) is 10.00 Å². The Balaban J connectivity index is 1.54. The van der Waals surface area contributed by atoms with Gasteiger partial charge in [-0.25, -0.2) is 4.98 Å². The van der Waals surface area contributed by atoms with Crippen molar-refractivity contribution in [1.82, 2.24) is 9.97 Å². The molecule has 0 spiro atoms. The highest BCUT2D eigenvalue weighted by molar-refractivity contribution is 5.86. The maximum Gasteiger partial charge on any atom is 0.138 e. The monoisotopic (exact) mass is 325 g/mol. The molecule has 120 valence electrons. The molecule has 0 unspecified atom stereocenters. The standard InChI is InChI=1S/C21H15N3O/c22-11-18-13-24-21-20(18)10-17(12-23-21)16-6-8-19(9-7-16)25-14-15-4-2-1-3-5-15/h1-10,12-13H,14H2,(H,23,24). The van der Waals surface area contributed by atoms with Crippen LogP contribution in [0.2, 0.25) is 0 Å². The molecule has 2 heterocycles. The van der Waals surface area contributed by atoms with Gasteiger partial charge in [0.1, 0.15) is 24.1 Å². The Labute approximate surface area is 145 Å². The summed E-state index contributed by atoms with van der Waals surface area (Å²) in [5, 5.41) is 10.00. The second kappa shape index (κ2) is 6.50. The summed E-state index contributed by atoms with van der Waals surface area (Å²) in [7, 11) is 0. The maximum atomic E-state index is 9.16. The Bertz CT molecular complexity index is 1040. The van der Waals surface area contributed by atoms with Gasteiger partial charge in [0.05, 0.1) is 5.56 Å². The minimum Gasteiger partial charge on any atom is -0.489 e. The van der Waals surface area contributed by atoms with E-state index in [1.165, 1.54) is 0 Å². The summed E-state index contributed by atoms with van der Waals surface area (Å²) >= 11 is 0. The number of hydrogen-bond acceptors (Lipinski definition) is 3. The number of fused-ring (bicyclic) bond motifs is 1. The second-order valence-corrected chi connectivity index (χ2v) is 5.73. The molecule has 4 rings (SSSR count). The van der Waals surface area contributed by atoms with Crippen molar-refractivity contribution >= 4 is 11.0 Å². The largest absolute Gasteiger partial charge is 0.489 e. The van der Waals surface area contributed by atoms with Gasteiger partial charge in [-0.2, -0.15) is 5.26 Å². The van der Waals surface area contributed by atoms with Crippen LogP contribution in [0.15, 0.2) is 73.1 Å². The Hall–Kier alpha value is -3.58. The molecule has 25 heavy (non-hydrogen) atoms. The number of nitrogens with one attached hydrogen (secondary N) is 1. The van der Waals surface area contributed by atoms with Gasteiger partial charge in [-0.3, -0.25) is 0 Å². The van der Waals surface area contributed by atoms with Crippen molar-refractivity contribution in [2.45, 2.75) is 6.61 Å². The molecule has 0 saturated heterocycles. The van der Waals surface area contributed by atoms with E-state index in [0.29, 0.717) is 12.2 Å². The molecule has 0 atom stereocenters. The molecular formula is C21H15N3O. The molecule has 4 nitrogen and oxygen atoms in total. The van der Waals surface area contributed by atoms with Crippen LogP contribution in [0.5, 0.6) is 5.75 Å². The Kier molecular flexibility index (Phi) is 3.89. The number of nitrogens with zero attached hydrogens (tertiary/aromatic N) is 2. The summed E-state index contributed by atoms with van der Waals surface area (Å²) in [5.41, 5.74) is 4.47. The Morgan fingerprint density at radius 2 is 1.80 bits per heavy atom. The lowest BCUT2D eigenvalue weighted by molar-refractivity contribution is 0.306. The highest BCUT2D eigenvalue weighted by Crippen LogP contribution is 2.26. The van der Waals surface area contributed by atoms with Crippen molar-refractivity contribution in [3.8, 4) is 22.9 Å². The number of hydrogen-bond donors (Lipinski definition) is 1. The predicted octanol–water partition coefficient (Wildman–Crippen LogP) is 4.68. The van der Waals surface area contributed by atoms with Crippen LogP contribution in [0.25, 0.3) is 22.2 Å². The van der Waals surface area contributed by atoms with E-state index in [1.54, 1.807) is 12.4 Å². The predicted molar refractivity (Wildman–Crippen MR) is 97.0 cm³/mol. The van der Waals surface area contributed by atoms with Gasteiger partial charge in [0.15, 0.2) is 0 Å². The van der Waals surface area contributed by atoms with Crippen LogP contribution >= 0.6 is 0 Å². The quantitative estimate of drug-likeness (QED) is 0.592. The molecule has 0 aliphatic rings. The minimum atomic E-state index is 0.544. The molecule has 4 aromatic rings. The number of benzene rings is 2. The van der Waals surface area contributed by atoms with E-state index < -0.39 is 0 Å². The molecule has 0 bridgehead atoms. The average Bonchev–Trinajstić information content (AvgIpc) is 3.10.